The van der Waals surface area contributed by atoms with Crippen molar-refractivity contribution in [1.29, 1.82) is 0 Å². The lowest BCUT2D eigenvalue weighted by molar-refractivity contribution is -0.384. The number of nitro groups is 1. The lowest BCUT2D eigenvalue weighted by Crippen LogP contribution is -2.30. The van der Waals surface area contributed by atoms with Gasteiger partial charge < -0.3 is 4.74 Å². The van der Waals surface area contributed by atoms with Crippen LogP contribution in [0.2, 0.25) is 0 Å². The van der Waals surface area contributed by atoms with E-state index in [9.17, 15) is 10.1 Å². The fourth-order valence-electron chi connectivity index (χ4n) is 2.93. The topological polar surface area (TPSA) is 64.4 Å². The van der Waals surface area contributed by atoms with Gasteiger partial charge in [-0.3, -0.25) is 15.4 Å². The highest BCUT2D eigenvalue weighted by Crippen LogP contribution is 2.34. The molecule has 1 atom stereocenters. The molecule has 4 rings (SSSR count). The molecule has 1 heterocycles. The summed E-state index contributed by atoms with van der Waals surface area (Å²) in [5, 5.41) is 16.4. The molecule has 1 N–H and O–H groups in total. The first-order chi connectivity index (χ1) is 11.2. The van der Waals surface area contributed by atoms with Gasteiger partial charge in [0.05, 0.1) is 4.92 Å². The van der Waals surface area contributed by atoms with Gasteiger partial charge in [0.1, 0.15) is 5.75 Å². The highest BCUT2D eigenvalue weighted by molar-refractivity contribution is 5.87. The van der Waals surface area contributed by atoms with E-state index in [2.05, 4.69) is 17.4 Å². The molecule has 0 bridgehead atoms. The summed E-state index contributed by atoms with van der Waals surface area (Å²) >= 11 is 0. The number of non-ortho nitro benzene ring substituents is 1. The van der Waals surface area contributed by atoms with Gasteiger partial charge in [0.25, 0.3) is 5.69 Å². The van der Waals surface area contributed by atoms with Crippen LogP contribution < -0.4 is 10.1 Å². The second kappa shape index (κ2) is 5.37. The molecular formula is C18H14N2O3. The third kappa shape index (κ3) is 2.41. The zero-order valence-corrected chi connectivity index (χ0v) is 12.2. The van der Waals surface area contributed by atoms with E-state index in [0.717, 1.165) is 16.9 Å². The number of nitrogens with one attached hydrogen (secondary N) is 1. The van der Waals surface area contributed by atoms with Gasteiger partial charge in [-0.25, -0.2) is 0 Å². The van der Waals surface area contributed by atoms with Crippen LogP contribution in [0.5, 0.6) is 5.75 Å². The summed E-state index contributed by atoms with van der Waals surface area (Å²) in [6.07, 6.45) is -0.301. The monoisotopic (exact) mass is 306 g/mol. The zero-order valence-electron chi connectivity index (χ0n) is 12.2. The summed E-state index contributed by atoms with van der Waals surface area (Å²) in [6, 6.07) is 18.7. The first kappa shape index (κ1) is 13.7. The molecule has 0 saturated heterocycles. The van der Waals surface area contributed by atoms with Gasteiger partial charge in [0.2, 0.25) is 0 Å². The molecule has 0 saturated carbocycles. The van der Waals surface area contributed by atoms with E-state index < -0.39 is 4.92 Å². The van der Waals surface area contributed by atoms with Crippen molar-refractivity contribution < 1.29 is 9.66 Å². The number of hydrogen-bond acceptors (Lipinski definition) is 4. The average molecular weight is 306 g/mol. The second-order valence-corrected chi connectivity index (χ2v) is 5.49. The minimum absolute atomic E-state index is 0.0796. The first-order valence-corrected chi connectivity index (χ1v) is 7.37. The maximum absolute atomic E-state index is 10.7. The van der Waals surface area contributed by atoms with E-state index >= 15 is 0 Å². The van der Waals surface area contributed by atoms with Crippen LogP contribution in [-0.2, 0) is 6.54 Å². The lowest BCUT2D eigenvalue weighted by atomic mass is 10.0. The Hall–Kier alpha value is -2.92. The Morgan fingerprint density at radius 1 is 1.04 bits per heavy atom. The summed E-state index contributed by atoms with van der Waals surface area (Å²) in [5.74, 6) is 0.853. The van der Waals surface area contributed by atoms with Gasteiger partial charge in [-0.15, -0.1) is 0 Å². The van der Waals surface area contributed by atoms with Crippen molar-refractivity contribution >= 4 is 16.5 Å². The minimum Gasteiger partial charge on any atom is -0.471 e. The molecular weight excluding hydrogens is 292 g/mol. The number of rotatable bonds is 2. The van der Waals surface area contributed by atoms with Gasteiger partial charge in [-0.2, -0.15) is 0 Å². The van der Waals surface area contributed by atoms with E-state index in [0.29, 0.717) is 6.54 Å². The fraction of sp³-hybridized carbons (Fsp3) is 0.111. The highest BCUT2D eigenvalue weighted by Gasteiger charge is 2.22. The van der Waals surface area contributed by atoms with Crippen molar-refractivity contribution in [2.75, 3.05) is 0 Å². The number of hydrogen-bond donors (Lipinski definition) is 1. The summed E-state index contributed by atoms with van der Waals surface area (Å²) < 4.78 is 6.05. The van der Waals surface area contributed by atoms with Crippen molar-refractivity contribution in [2.24, 2.45) is 0 Å². The highest BCUT2D eigenvalue weighted by atomic mass is 16.6. The van der Waals surface area contributed by atoms with Gasteiger partial charge >= 0.3 is 0 Å². The number of nitro benzene ring substituents is 1. The molecule has 5 nitrogen and oxygen atoms in total. The van der Waals surface area contributed by atoms with Crippen LogP contribution in [0.25, 0.3) is 10.8 Å². The Bertz CT molecular complexity index is 890. The van der Waals surface area contributed by atoms with Crippen molar-refractivity contribution in [3.8, 4) is 5.75 Å². The maximum Gasteiger partial charge on any atom is 0.269 e. The molecule has 23 heavy (non-hydrogen) atoms. The number of benzene rings is 3. The summed E-state index contributed by atoms with van der Waals surface area (Å²) in [4.78, 5) is 10.3. The largest absolute Gasteiger partial charge is 0.471 e. The van der Waals surface area contributed by atoms with E-state index in [4.69, 9.17) is 4.74 Å². The Morgan fingerprint density at radius 3 is 2.61 bits per heavy atom. The smallest absolute Gasteiger partial charge is 0.269 e. The molecule has 0 fully saturated rings. The predicted molar refractivity (Wildman–Crippen MR) is 87.3 cm³/mol. The standard InChI is InChI=1S/C18H14N2O3/c21-20(22)14-8-5-13(6-9-14)18-19-11-16-15-4-2-1-3-12(15)7-10-17(16)23-18/h1-10,18-19H,11H2. The zero-order chi connectivity index (χ0) is 15.8. The van der Waals surface area contributed by atoms with Gasteiger partial charge in [0, 0.05) is 29.8 Å². The third-order valence-corrected chi connectivity index (χ3v) is 4.11. The number of nitrogens with zero attached hydrogens (tertiary/aromatic N) is 1. The second-order valence-electron chi connectivity index (χ2n) is 5.49. The van der Waals surface area contributed by atoms with Crippen LogP contribution in [0.1, 0.15) is 17.4 Å². The Morgan fingerprint density at radius 2 is 1.83 bits per heavy atom. The van der Waals surface area contributed by atoms with Crippen molar-refractivity contribution in [2.45, 2.75) is 12.8 Å². The van der Waals surface area contributed by atoms with Gasteiger partial charge in [0.15, 0.2) is 6.23 Å². The normalized spacial score (nSPS) is 16.6. The fourth-order valence-corrected chi connectivity index (χ4v) is 2.93. The van der Waals surface area contributed by atoms with E-state index in [1.165, 1.54) is 22.9 Å². The van der Waals surface area contributed by atoms with Crippen molar-refractivity contribution in [1.82, 2.24) is 5.32 Å². The molecule has 0 aliphatic carbocycles. The molecule has 1 unspecified atom stereocenters. The van der Waals surface area contributed by atoms with E-state index in [1.54, 1.807) is 12.1 Å². The summed E-state index contributed by atoms with van der Waals surface area (Å²) in [5.41, 5.74) is 2.09. The van der Waals surface area contributed by atoms with Crippen LogP contribution in [0.15, 0.2) is 60.7 Å². The quantitative estimate of drug-likeness (QED) is 0.575. The van der Waals surface area contributed by atoms with Crippen LogP contribution in [0.3, 0.4) is 0 Å². The van der Waals surface area contributed by atoms with E-state index in [-0.39, 0.29) is 11.9 Å². The van der Waals surface area contributed by atoms with E-state index in [1.807, 2.05) is 24.3 Å². The molecule has 0 spiro atoms. The molecule has 1 aliphatic heterocycles. The SMILES string of the molecule is O=[N+]([O-])c1ccc(C2NCc3c(ccc4ccccc34)O2)cc1. The minimum atomic E-state index is -0.402. The molecule has 5 heteroatoms. The van der Waals surface area contributed by atoms with Crippen LogP contribution in [-0.4, -0.2) is 4.92 Å². The number of ether oxygens (including phenoxy) is 1. The Labute approximate surface area is 132 Å². The number of fused-ring (bicyclic) bond motifs is 3. The van der Waals surface area contributed by atoms with Crippen molar-refractivity contribution in [3.63, 3.8) is 0 Å². The van der Waals surface area contributed by atoms with Crippen LogP contribution >= 0.6 is 0 Å². The van der Waals surface area contributed by atoms with Crippen LogP contribution in [0.4, 0.5) is 5.69 Å². The molecule has 0 aromatic heterocycles. The summed E-state index contributed by atoms with van der Waals surface area (Å²) in [7, 11) is 0. The van der Waals surface area contributed by atoms with Crippen LogP contribution in [0, 0.1) is 10.1 Å². The maximum atomic E-state index is 10.7. The van der Waals surface area contributed by atoms with Crippen molar-refractivity contribution in [3.05, 3.63) is 81.9 Å². The molecule has 3 aromatic carbocycles. The molecule has 0 amide bonds. The van der Waals surface area contributed by atoms with Gasteiger partial charge in [-0.1, -0.05) is 30.3 Å². The molecule has 3 aromatic rings. The first-order valence-electron chi connectivity index (χ1n) is 7.37. The molecule has 0 radical (unpaired) electrons. The lowest BCUT2D eigenvalue weighted by Gasteiger charge is -2.28. The third-order valence-electron chi connectivity index (χ3n) is 4.11. The summed E-state index contributed by atoms with van der Waals surface area (Å²) in [6.45, 7) is 0.693. The predicted octanol–water partition coefficient (Wildman–Crippen LogP) is 3.93. The Balaban J connectivity index is 1.66. The molecule has 114 valence electrons. The van der Waals surface area contributed by atoms with Gasteiger partial charge in [-0.05, 0) is 29.0 Å². The average Bonchev–Trinajstić information content (AvgIpc) is 2.61. The molecule has 1 aliphatic rings. The Kier molecular flexibility index (Phi) is 3.20.